The maximum Gasteiger partial charge on any atom is 0.150 e. The molecule has 0 aromatic carbocycles. The molecule has 6 nitrogen and oxygen atoms in total. The Morgan fingerprint density at radius 3 is 2.29 bits per heavy atom. The van der Waals surface area contributed by atoms with E-state index in [9.17, 15) is 0 Å². The summed E-state index contributed by atoms with van der Waals surface area (Å²) < 4.78 is 0. The number of pyridine rings is 1. The van der Waals surface area contributed by atoms with Gasteiger partial charge in [0.25, 0.3) is 0 Å². The van der Waals surface area contributed by atoms with Crippen LogP contribution in [0, 0.1) is 13.8 Å². The van der Waals surface area contributed by atoms with Gasteiger partial charge in [0, 0.05) is 45.1 Å². The normalized spacial score (nSPS) is 15.2. The zero-order valence-corrected chi connectivity index (χ0v) is 15.0. The summed E-state index contributed by atoms with van der Waals surface area (Å²) in [5.74, 6) is 2.08. The van der Waals surface area contributed by atoms with Crippen molar-refractivity contribution >= 4 is 11.6 Å². The third-order valence-electron chi connectivity index (χ3n) is 4.26. The van der Waals surface area contributed by atoms with E-state index in [0.29, 0.717) is 0 Å². The van der Waals surface area contributed by atoms with Gasteiger partial charge in [-0.25, -0.2) is 9.97 Å². The average Bonchev–Trinajstić information content (AvgIpc) is 2.57. The summed E-state index contributed by atoms with van der Waals surface area (Å²) in [6.07, 6.45) is 3.81. The first-order valence-electron chi connectivity index (χ1n) is 8.43. The van der Waals surface area contributed by atoms with Crippen molar-refractivity contribution in [2.24, 2.45) is 0 Å². The van der Waals surface area contributed by atoms with Crippen LogP contribution in [0.1, 0.15) is 17.0 Å². The quantitative estimate of drug-likeness (QED) is 0.855. The van der Waals surface area contributed by atoms with Crippen LogP contribution in [0.3, 0.4) is 0 Å². The van der Waals surface area contributed by atoms with E-state index >= 15 is 0 Å². The van der Waals surface area contributed by atoms with Gasteiger partial charge < -0.3 is 14.7 Å². The molecule has 2 aromatic rings. The number of anilines is 2. The van der Waals surface area contributed by atoms with Crippen LogP contribution in [-0.2, 0) is 6.54 Å². The number of nitrogens with zero attached hydrogens (tertiary/aromatic N) is 6. The molecule has 24 heavy (non-hydrogen) atoms. The lowest BCUT2D eigenvalue weighted by Crippen LogP contribution is -2.47. The molecule has 0 saturated carbocycles. The van der Waals surface area contributed by atoms with Crippen molar-refractivity contribution in [3.63, 3.8) is 0 Å². The van der Waals surface area contributed by atoms with Crippen molar-refractivity contribution < 1.29 is 0 Å². The maximum absolute atomic E-state index is 4.66. The lowest BCUT2D eigenvalue weighted by atomic mass is 10.2. The topological polar surface area (TPSA) is 48.4 Å². The van der Waals surface area contributed by atoms with Gasteiger partial charge in [0.1, 0.15) is 11.6 Å². The van der Waals surface area contributed by atoms with E-state index in [-0.39, 0.29) is 0 Å². The molecule has 0 atom stereocenters. The minimum Gasteiger partial charge on any atom is -0.353 e. The van der Waals surface area contributed by atoms with Crippen molar-refractivity contribution in [2.45, 2.75) is 20.4 Å². The molecule has 3 heterocycles. The van der Waals surface area contributed by atoms with Gasteiger partial charge in [-0.1, -0.05) is 6.07 Å². The fourth-order valence-electron chi connectivity index (χ4n) is 3.03. The minimum absolute atomic E-state index is 0.923. The Labute approximate surface area is 144 Å². The Morgan fingerprint density at radius 2 is 1.67 bits per heavy atom. The molecule has 0 radical (unpaired) electrons. The van der Waals surface area contributed by atoms with Gasteiger partial charge in [-0.3, -0.25) is 4.98 Å². The van der Waals surface area contributed by atoms with Crippen LogP contribution in [0.15, 0.2) is 24.5 Å². The van der Waals surface area contributed by atoms with Gasteiger partial charge in [0.05, 0.1) is 11.4 Å². The molecular formula is C18H26N6. The second-order valence-corrected chi connectivity index (χ2v) is 6.66. The lowest BCUT2D eigenvalue weighted by molar-refractivity contribution is 0.402. The standard InChI is InChI=1S/C18H26N6/c1-14-11-19-15(2)18(21-14)24-9-7-23(8-10-24)17-6-5-16(12-20-17)13-22(3)4/h5-6,11-12H,7-10,13H2,1-4H3. The number of piperazine rings is 1. The smallest absolute Gasteiger partial charge is 0.150 e. The Morgan fingerprint density at radius 1 is 0.958 bits per heavy atom. The summed E-state index contributed by atoms with van der Waals surface area (Å²) in [5, 5.41) is 0. The molecule has 0 N–H and O–H groups in total. The highest BCUT2D eigenvalue weighted by atomic mass is 15.3. The Kier molecular flexibility index (Phi) is 4.94. The van der Waals surface area contributed by atoms with E-state index in [2.05, 4.69) is 55.9 Å². The molecule has 0 aliphatic carbocycles. The van der Waals surface area contributed by atoms with Crippen LogP contribution in [-0.4, -0.2) is 60.1 Å². The van der Waals surface area contributed by atoms with E-state index in [1.165, 1.54) is 5.56 Å². The molecule has 1 aliphatic heterocycles. The molecule has 128 valence electrons. The summed E-state index contributed by atoms with van der Waals surface area (Å²) in [4.78, 5) is 20.5. The van der Waals surface area contributed by atoms with E-state index in [0.717, 1.165) is 55.7 Å². The van der Waals surface area contributed by atoms with Gasteiger partial charge in [0.2, 0.25) is 0 Å². The summed E-state index contributed by atoms with van der Waals surface area (Å²) in [7, 11) is 4.15. The number of aromatic nitrogens is 3. The lowest BCUT2D eigenvalue weighted by Gasteiger charge is -2.36. The summed E-state index contributed by atoms with van der Waals surface area (Å²) >= 11 is 0. The highest BCUT2D eigenvalue weighted by Crippen LogP contribution is 2.20. The van der Waals surface area contributed by atoms with Crippen molar-refractivity contribution in [3.05, 3.63) is 41.5 Å². The number of aryl methyl sites for hydroxylation is 2. The molecular weight excluding hydrogens is 300 g/mol. The Balaban J connectivity index is 1.63. The predicted molar refractivity (Wildman–Crippen MR) is 97.6 cm³/mol. The molecule has 1 fully saturated rings. The zero-order chi connectivity index (χ0) is 17.1. The maximum atomic E-state index is 4.66. The molecule has 0 spiro atoms. The molecule has 1 aliphatic rings. The van der Waals surface area contributed by atoms with E-state index in [1.54, 1.807) is 0 Å². The molecule has 2 aromatic heterocycles. The first-order chi connectivity index (χ1) is 11.5. The fourth-order valence-corrected chi connectivity index (χ4v) is 3.03. The van der Waals surface area contributed by atoms with Crippen LogP contribution in [0.5, 0.6) is 0 Å². The average molecular weight is 326 g/mol. The molecule has 1 saturated heterocycles. The molecule has 0 unspecified atom stereocenters. The highest BCUT2D eigenvalue weighted by molar-refractivity contribution is 5.47. The van der Waals surface area contributed by atoms with Gasteiger partial charge in [-0.15, -0.1) is 0 Å². The SMILES string of the molecule is Cc1cnc(C)c(N2CCN(c3ccc(CN(C)C)cn3)CC2)n1. The highest BCUT2D eigenvalue weighted by Gasteiger charge is 2.20. The van der Waals surface area contributed by atoms with Crippen LogP contribution in [0.2, 0.25) is 0 Å². The first-order valence-corrected chi connectivity index (χ1v) is 8.43. The third kappa shape index (κ3) is 3.82. The summed E-state index contributed by atoms with van der Waals surface area (Å²) in [6.45, 7) is 8.74. The minimum atomic E-state index is 0.923. The summed E-state index contributed by atoms with van der Waals surface area (Å²) in [5.41, 5.74) is 3.21. The molecule has 0 bridgehead atoms. The monoisotopic (exact) mass is 326 g/mol. The molecule has 3 rings (SSSR count). The predicted octanol–water partition coefficient (Wildman–Crippen LogP) is 1.88. The van der Waals surface area contributed by atoms with E-state index in [1.807, 2.05) is 26.2 Å². The van der Waals surface area contributed by atoms with Crippen molar-refractivity contribution in [2.75, 3.05) is 50.1 Å². The van der Waals surface area contributed by atoms with Crippen LogP contribution < -0.4 is 9.80 Å². The number of hydrogen-bond acceptors (Lipinski definition) is 6. The van der Waals surface area contributed by atoms with Gasteiger partial charge in [0.15, 0.2) is 0 Å². The van der Waals surface area contributed by atoms with E-state index in [4.69, 9.17) is 0 Å². The second-order valence-electron chi connectivity index (χ2n) is 6.66. The van der Waals surface area contributed by atoms with Gasteiger partial charge in [-0.05, 0) is 39.6 Å². The molecule has 0 amide bonds. The Bertz CT molecular complexity index is 674. The zero-order valence-electron chi connectivity index (χ0n) is 15.0. The number of hydrogen-bond donors (Lipinski definition) is 0. The largest absolute Gasteiger partial charge is 0.353 e. The number of rotatable bonds is 4. The first kappa shape index (κ1) is 16.6. The van der Waals surface area contributed by atoms with Crippen molar-refractivity contribution in [1.82, 2.24) is 19.9 Å². The van der Waals surface area contributed by atoms with Crippen LogP contribution in [0.25, 0.3) is 0 Å². The van der Waals surface area contributed by atoms with Crippen molar-refractivity contribution in [1.29, 1.82) is 0 Å². The fraction of sp³-hybridized carbons (Fsp3) is 0.500. The van der Waals surface area contributed by atoms with Crippen LogP contribution >= 0.6 is 0 Å². The van der Waals surface area contributed by atoms with Crippen molar-refractivity contribution in [3.8, 4) is 0 Å². The summed E-state index contributed by atoms with van der Waals surface area (Å²) in [6, 6.07) is 4.30. The second kappa shape index (κ2) is 7.13. The van der Waals surface area contributed by atoms with Crippen LogP contribution in [0.4, 0.5) is 11.6 Å². The van der Waals surface area contributed by atoms with Gasteiger partial charge >= 0.3 is 0 Å². The molecule has 6 heteroatoms. The Hall–Kier alpha value is -2.21. The van der Waals surface area contributed by atoms with Gasteiger partial charge in [-0.2, -0.15) is 0 Å². The van der Waals surface area contributed by atoms with E-state index < -0.39 is 0 Å². The third-order valence-corrected chi connectivity index (χ3v) is 4.26.